The fourth-order valence-electron chi connectivity index (χ4n) is 1.84. The van der Waals surface area contributed by atoms with Gasteiger partial charge in [0.25, 0.3) is 0 Å². The lowest BCUT2D eigenvalue weighted by Gasteiger charge is -2.08. The van der Waals surface area contributed by atoms with Crippen LogP contribution in [0.2, 0.25) is 0 Å². The van der Waals surface area contributed by atoms with E-state index in [2.05, 4.69) is 32.0 Å². The second kappa shape index (κ2) is 10.5. The number of amides is 2. The van der Waals surface area contributed by atoms with Crippen LogP contribution in [-0.2, 0) is 14.6 Å². The van der Waals surface area contributed by atoms with Crippen LogP contribution in [0.1, 0.15) is 13.3 Å². The van der Waals surface area contributed by atoms with Crippen molar-refractivity contribution in [1.82, 2.24) is 14.9 Å². The summed E-state index contributed by atoms with van der Waals surface area (Å²) >= 11 is 0. The summed E-state index contributed by atoms with van der Waals surface area (Å²) < 4.78 is 1.22. The largest absolute Gasteiger partial charge is 0.465 e. The van der Waals surface area contributed by atoms with Gasteiger partial charge in [0.15, 0.2) is 0 Å². The maximum absolute atomic E-state index is 12.1. The van der Waals surface area contributed by atoms with E-state index in [-0.39, 0.29) is 5.95 Å². The molecule has 0 radical (unpaired) electrons. The summed E-state index contributed by atoms with van der Waals surface area (Å²) in [5.41, 5.74) is 1.11. The molecule has 0 bridgehead atoms. The second-order valence-electron chi connectivity index (χ2n) is 4.69. The van der Waals surface area contributed by atoms with Crippen LogP contribution in [0, 0.1) is 0 Å². The van der Waals surface area contributed by atoms with Gasteiger partial charge in [0.05, 0.1) is 18.1 Å². The lowest BCUT2D eigenvalue weighted by Crippen LogP contribution is -2.30. The van der Waals surface area contributed by atoms with Crippen LogP contribution < -0.4 is 10.6 Å². The lowest BCUT2D eigenvalue weighted by molar-refractivity contribution is -0.249. The van der Waals surface area contributed by atoms with Crippen LogP contribution in [0.4, 0.5) is 15.5 Å². The molecule has 26 heavy (non-hydrogen) atoms. The summed E-state index contributed by atoms with van der Waals surface area (Å²) in [6.07, 6.45) is 0.545. The van der Waals surface area contributed by atoms with Gasteiger partial charge in [0, 0.05) is 12.6 Å². The number of fused-ring (bicyclic) bond motifs is 1. The normalized spacial score (nSPS) is 9.62. The number of benzene rings is 1. The molecule has 1 aromatic heterocycles. The molecule has 0 saturated heterocycles. The van der Waals surface area contributed by atoms with Crippen LogP contribution in [-0.4, -0.2) is 46.4 Å². The van der Waals surface area contributed by atoms with Gasteiger partial charge < -0.3 is 10.4 Å². The third kappa shape index (κ3) is 5.91. The maximum atomic E-state index is 12.1. The van der Waals surface area contributed by atoms with Crippen molar-refractivity contribution in [3.8, 4) is 0 Å². The Morgan fingerprint density at radius 3 is 2.58 bits per heavy atom. The molecule has 0 aliphatic rings. The molecule has 0 fully saturated rings. The molecule has 140 valence electrons. The van der Waals surface area contributed by atoms with E-state index < -0.39 is 18.1 Å². The molecule has 0 aliphatic heterocycles. The molecule has 2 rings (SSSR count). The first-order chi connectivity index (χ1) is 12.4. The molecule has 0 spiro atoms. The van der Waals surface area contributed by atoms with Crippen LogP contribution in [0.15, 0.2) is 36.9 Å². The molecule has 1 aromatic carbocycles. The smallest absolute Gasteiger partial charge is 0.411 e. The Morgan fingerprint density at radius 1 is 1.35 bits per heavy atom. The molecule has 0 atom stereocenters. The minimum atomic E-state index is -1.26. The predicted molar refractivity (Wildman–Crippen MR) is 93.8 cm³/mol. The van der Waals surface area contributed by atoms with Crippen molar-refractivity contribution in [2.45, 2.75) is 13.3 Å². The Balaban J connectivity index is 0.000000412. The number of carbonyl (C=O) groups is 3. The quantitative estimate of drug-likeness (QED) is 0.421. The standard InChI is InChI=1S/C12H14N4O3.C4H6O3/c1-2-7-13-11(17)16-9-6-4-3-5-8(9)14-10(16)15-12(18)19;1-3-4(5)7-6-2/h3-6H,2,7H2,1H3,(H,13,17)(H,14,15)(H,18,19);3H,1H2,2H3. The summed E-state index contributed by atoms with van der Waals surface area (Å²) in [7, 11) is 1.25. The van der Waals surface area contributed by atoms with Crippen LogP contribution >= 0.6 is 0 Å². The molecular formula is C16H20N4O6. The topological polar surface area (TPSA) is 132 Å². The van der Waals surface area contributed by atoms with Gasteiger partial charge in [-0.3, -0.25) is 10.2 Å². The van der Waals surface area contributed by atoms with Gasteiger partial charge in [-0.1, -0.05) is 25.6 Å². The molecule has 0 unspecified atom stereocenters. The van der Waals surface area contributed by atoms with Crippen molar-refractivity contribution in [3.05, 3.63) is 36.9 Å². The monoisotopic (exact) mass is 364 g/mol. The van der Waals surface area contributed by atoms with E-state index in [1.807, 2.05) is 6.92 Å². The first kappa shape index (κ1) is 20.6. The van der Waals surface area contributed by atoms with Crippen molar-refractivity contribution < 1.29 is 29.3 Å². The van der Waals surface area contributed by atoms with Crippen molar-refractivity contribution >= 4 is 35.1 Å². The van der Waals surface area contributed by atoms with Crippen molar-refractivity contribution in [2.75, 3.05) is 19.0 Å². The SMILES string of the molecule is C=CC(=O)OOC.CCCNC(=O)n1c(NC(=O)O)nc2ccccc21. The summed E-state index contributed by atoms with van der Waals surface area (Å²) in [5, 5.41) is 13.6. The molecule has 0 saturated carbocycles. The highest BCUT2D eigenvalue weighted by molar-refractivity contribution is 5.95. The number of imidazole rings is 1. The third-order valence-electron chi connectivity index (χ3n) is 2.84. The molecule has 2 amide bonds. The molecule has 10 nitrogen and oxygen atoms in total. The van der Waals surface area contributed by atoms with Gasteiger partial charge in [0.2, 0.25) is 5.95 Å². The Labute approximate surface area is 149 Å². The number of para-hydroxylation sites is 2. The average Bonchev–Trinajstić information content (AvgIpc) is 2.97. The first-order valence-corrected chi connectivity index (χ1v) is 7.57. The van der Waals surface area contributed by atoms with Gasteiger partial charge in [0.1, 0.15) is 0 Å². The van der Waals surface area contributed by atoms with E-state index in [0.717, 1.165) is 12.5 Å². The number of hydrogen-bond acceptors (Lipinski definition) is 6. The number of carboxylic acid groups (broad SMARTS) is 1. The summed E-state index contributed by atoms with van der Waals surface area (Å²) in [6.45, 7) is 5.57. The van der Waals surface area contributed by atoms with Crippen molar-refractivity contribution in [3.63, 3.8) is 0 Å². The van der Waals surface area contributed by atoms with Gasteiger partial charge in [-0.05, 0) is 18.6 Å². The molecule has 10 heteroatoms. The summed E-state index contributed by atoms with van der Waals surface area (Å²) in [5.74, 6) is -0.593. The van der Waals surface area contributed by atoms with Crippen molar-refractivity contribution in [1.29, 1.82) is 0 Å². The van der Waals surface area contributed by atoms with E-state index in [9.17, 15) is 14.4 Å². The minimum absolute atomic E-state index is 0.0118. The fraction of sp³-hybridized carbons (Fsp3) is 0.250. The van der Waals surface area contributed by atoms with E-state index in [0.29, 0.717) is 17.6 Å². The third-order valence-corrected chi connectivity index (χ3v) is 2.84. The number of nitrogens with one attached hydrogen (secondary N) is 2. The summed E-state index contributed by atoms with van der Waals surface area (Å²) in [6, 6.07) is 6.55. The minimum Gasteiger partial charge on any atom is -0.465 e. The fourth-order valence-corrected chi connectivity index (χ4v) is 1.84. The number of hydrogen-bond donors (Lipinski definition) is 3. The van der Waals surface area contributed by atoms with Crippen LogP contribution in [0.5, 0.6) is 0 Å². The number of rotatable bonds is 5. The number of anilines is 1. The van der Waals surface area contributed by atoms with Gasteiger partial charge in [-0.2, -0.15) is 4.89 Å². The Bertz CT molecular complexity index is 786. The van der Waals surface area contributed by atoms with E-state index in [1.54, 1.807) is 24.3 Å². The molecular weight excluding hydrogens is 344 g/mol. The first-order valence-electron chi connectivity index (χ1n) is 7.57. The highest BCUT2D eigenvalue weighted by Gasteiger charge is 2.17. The maximum Gasteiger partial charge on any atom is 0.411 e. The zero-order valence-corrected chi connectivity index (χ0v) is 14.4. The zero-order valence-electron chi connectivity index (χ0n) is 14.4. The van der Waals surface area contributed by atoms with Crippen molar-refractivity contribution in [2.24, 2.45) is 0 Å². The molecule has 0 aliphatic carbocycles. The van der Waals surface area contributed by atoms with E-state index in [4.69, 9.17) is 5.11 Å². The van der Waals surface area contributed by atoms with Gasteiger partial charge >= 0.3 is 18.1 Å². The highest BCUT2D eigenvalue weighted by Crippen LogP contribution is 2.19. The van der Waals surface area contributed by atoms with Gasteiger partial charge in [-0.25, -0.2) is 23.9 Å². The number of aromatic nitrogens is 2. The average molecular weight is 364 g/mol. The van der Waals surface area contributed by atoms with Crippen LogP contribution in [0.25, 0.3) is 11.0 Å². The Kier molecular flexibility index (Phi) is 8.31. The number of carbonyl (C=O) groups excluding carboxylic acids is 2. The Morgan fingerprint density at radius 2 is 2.04 bits per heavy atom. The van der Waals surface area contributed by atoms with Gasteiger partial charge in [-0.15, -0.1) is 0 Å². The number of nitrogens with zero attached hydrogens (tertiary/aromatic N) is 2. The molecule has 3 N–H and O–H groups in total. The zero-order chi connectivity index (χ0) is 19.5. The molecule has 2 aromatic rings. The van der Waals surface area contributed by atoms with E-state index in [1.165, 1.54) is 11.7 Å². The Hall–Kier alpha value is -3.40. The predicted octanol–water partition coefficient (Wildman–Crippen LogP) is 2.37. The summed E-state index contributed by atoms with van der Waals surface area (Å²) in [4.78, 5) is 44.7. The van der Waals surface area contributed by atoms with Crippen LogP contribution in [0.3, 0.4) is 0 Å². The molecule has 1 heterocycles. The van der Waals surface area contributed by atoms with E-state index >= 15 is 0 Å². The second-order valence-corrected chi connectivity index (χ2v) is 4.69. The lowest BCUT2D eigenvalue weighted by atomic mass is 10.3. The highest BCUT2D eigenvalue weighted by atomic mass is 17.2.